The molecule has 4 aromatic carbocycles. The molecule has 1 fully saturated rings. The van der Waals surface area contributed by atoms with Crippen molar-refractivity contribution in [1.29, 1.82) is 0 Å². The van der Waals surface area contributed by atoms with E-state index in [-0.39, 0.29) is 5.56 Å². The lowest BCUT2D eigenvalue weighted by molar-refractivity contribution is 0.0746. The van der Waals surface area contributed by atoms with Crippen molar-refractivity contribution >= 4 is 29.3 Å². The predicted octanol–water partition coefficient (Wildman–Crippen LogP) is 8.84. The second-order valence-electron chi connectivity index (χ2n) is 11.0. The minimum atomic E-state index is -1.44. The van der Waals surface area contributed by atoms with Crippen LogP contribution in [0.25, 0.3) is 0 Å². The highest BCUT2D eigenvalue weighted by Gasteiger charge is 2.44. The molecule has 0 saturated carbocycles. The molecule has 1 aliphatic heterocycles. The van der Waals surface area contributed by atoms with Gasteiger partial charge in [-0.05, 0) is 86.6 Å². The van der Waals surface area contributed by atoms with Crippen molar-refractivity contribution in [3.63, 3.8) is 0 Å². The molecule has 0 amide bonds. The van der Waals surface area contributed by atoms with Crippen LogP contribution in [-0.4, -0.2) is 27.5 Å². The molecule has 1 saturated heterocycles. The maximum absolute atomic E-state index is 13.8. The van der Waals surface area contributed by atoms with Crippen LogP contribution >= 0.6 is 23.5 Å². The number of Topliss-reactive ketones (excluding diaryl/α,β-unsaturated/α-hetero) is 1. The number of carbonyl (C=O) groups is 1. The number of aryl methyl sites for hydroxylation is 4. The van der Waals surface area contributed by atoms with Crippen molar-refractivity contribution in [3.05, 3.63) is 141 Å². The van der Waals surface area contributed by atoms with Crippen molar-refractivity contribution < 1.29 is 32.6 Å². The second kappa shape index (κ2) is 14.3. The monoisotopic (exact) mass is 642 g/mol. The van der Waals surface area contributed by atoms with E-state index in [2.05, 4.69) is 0 Å². The van der Waals surface area contributed by atoms with Gasteiger partial charge in [-0.2, -0.15) is 0 Å². The Morgan fingerprint density at radius 1 is 0.636 bits per heavy atom. The summed E-state index contributed by atoms with van der Waals surface area (Å²) in [5.41, 5.74) is 5.45. The van der Waals surface area contributed by atoms with Gasteiger partial charge < -0.3 is 10.2 Å². The normalized spacial score (nSPS) is 15.6. The van der Waals surface area contributed by atoms with E-state index >= 15 is 0 Å². The van der Waals surface area contributed by atoms with Gasteiger partial charge in [-0.1, -0.05) is 58.7 Å². The van der Waals surface area contributed by atoms with Crippen molar-refractivity contribution in [3.8, 4) is 0 Å². The van der Waals surface area contributed by atoms with E-state index in [1.165, 1.54) is 12.1 Å². The van der Waals surface area contributed by atoms with Crippen molar-refractivity contribution in [2.45, 2.75) is 50.4 Å². The number of aliphatic hydroxyl groups is 2. The predicted molar refractivity (Wildman–Crippen MR) is 170 cm³/mol. The summed E-state index contributed by atoms with van der Waals surface area (Å²) in [5, 5.41) is 21.3. The van der Waals surface area contributed by atoms with Gasteiger partial charge in [-0.15, -0.1) is 23.5 Å². The molecule has 1 aliphatic rings. The zero-order chi connectivity index (χ0) is 32.2. The molecule has 1 heterocycles. The fraction of sp³-hybridized carbons (Fsp3) is 0.286. The Hall–Kier alpha value is -3.11. The average molecular weight is 643 g/mol. The molecular formula is C35H34F4O3S2. The molecule has 0 bridgehead atoms. The first-order valence-electron chi connectivity index (χ1n) is 14.0. The van der Waals surface area contributed by atoms with Gasteiger partial charge in [0.2, 0.25) is 0 Å². The molecule has 3 nitrogen and oxygen atoms in total. The van der Waals surface area contributed by atoms with Crippen molar-refractivity contribution in [2.75, 3.05) is 11.5 Å². The molecule has 2 atom stereocenters. The van der Waals surface area contributed by atoms with Crippen LogP contribution < -0.4 is 0 Å². The highest BCUT2D eigenvalue weighted by atomic mass is 32.2. The molecule has 2 unspecified atom stereocenters. The summed E-state index contributed by atoms with van der Waals surface area (Å²) < 4.78 is 53.0. The molecule has 232 valence electrons. The van der Waals surface area contributed by atoms with Crippen LogP contribution in [0.4, 0.5) is 17.6 Å². The average Bonchev–Trinajstić information content (AvgIpc) is 2.94. The second-order valence-corrected chi connectivity index (χ2v) is 14.0. The molecule has 0 aliphatic carbocycles. The molecule has 0 spiro atoms. The van der Waals surface area contributed by atoms with E-state index in [0.717, 1.165) is 63.9 Å². The zero-order valence-electron chi connectivity index (χ0n) is 24.8. The number of rotatable bonds is 6. The van der Waals surface area contributed by atoms with E-state index < -0.39 is 45.3 Å². The number of aliphatic hydroxyl groups excluding tert-OH is 2. The van der Waals surface area contributed by atoms with Crippen LogP contribution in [0.3, 0.4) is 0 Å². The number of ketones is 1. The lowest BCUT2D eigenvalue weighted by Gasteiger charge is -2.40. The number of hydrogen-bond acceptors (Lipinski definition) is 5. The van der Waals surface area contributed by atoms with Crippen LogP contribution in [0, 0.1) is 51.0 Å². The third kappa shape index (κ3) is 8.13. The van der Waals surface area contributed by atoms with E-state index in [9.17, 15) is 32.6 Å². The van der Waals surface area contributed by atoms with Crippen LogP contribution in [0.15, 0.2) is 72.8 Å². The number of halogens is 4. The number of thioether (sulfide) groups is 2. The maximum Gasteiger partial charge on any atom is 0.196 e. The van der Waals surface area contributed by atoms with Crippen molar-refractivity contribution in [2.24, 2.45) is 0 Å². The summed E-state index contributed by atoms with van der Waals surface area (Å²) in [4.78, 5) is 12.1. The first-order valence-corrected chi connectivity index (χ1v) is 16.0. The van der Waals surface area contributed by atoms with Gasteiger partial charge in [-0.3, -0.25) is 4.79 Å². The van der Waals surface area contributed by atoms with Crippen LogP contribution in [0.2, 0.25) is 0 Å². The van der Waals surface area contributed by atoms with Gasteiger partial charge in [0.05, 0.1) is 0 Å². The number of hydrogen-bond donors (Lipinski definition) is 2. The fourth-order valence-electron chi connectivity index (χ4n) is 5.35. The summed E-state index contributed by atoms with van der Waals surface area (Å²) in [6, 6.07) is 17.3. The minimum absolute atomic E-state index is 0.186. The van der Waals surface area contributed by atoms with E-state index in [1.807, 2.05) is 52.0 Å². The highest BCUT2D eigenvalue weighted by molar-refractivity contribution is 8.18. The largest absolute Gasteiger partial charge is 0.386 e. The fourth-order valence-corrected chi connectivity index (χ4v) is 8.70. The van der Waals surface area contributed by atoms with Crippen LogP contribution in [-0.2, 0) is 4.08 Å². The third-order valence-electron chi connectivity index (χ3n) is 7.06. The Labute approximate surface area is 263 Å². The molecule has 4 aromatic rings. The molecule has 9 heteroatoms. The lowest BCUT2D eigenvalue weighted by atomic mass is 9.97. The Morgan fingerprint density at radius 3 is 1.50 bits per heavy atom. The third-order valence-corrected chi connectivity index (χ3v) is 10.5. The van der Waals surface area contributed by atoms with Gasteiger partial charge in [0, 0.05) is 17.7 Å². The summed E-state index contributed by atoms with van der Waals surface area (Å²) >= 11 is 3.15. The first-order chi connectivity index (χ1) is 20.8. The highest BCUT2D eigenvalue weighted by Crippen LogP contribution is 2.57. The van der Waals surface area contributed by atoms with E-state index in [1.54, 1.807) is 35.7 Å². The smallest absolute Gasteiger partial charge is 0.196 e. The summed E-state index contributed by atoms with van der Waals surface area (Å²) in [5.74, 6) is -1.93. The molecule has 2 N–H and O–H groups in total. The van der Waals surface area contributed by atoms with Gasteiger partial charge >= 0.3 is 0 Å². The molecule has 0 radical (unpaired) electrons. The SMILES string of the molecule is Cc1cc(C)cc(C(O)C(=O)c2cc(F)cc(F)c2)c1.Cc1cc(C)cc(C(O)C2(c3cc(F)cc(F)c3)SCCCS2)c1. The van der Waals surface area contributed by atoms with Crippen LogP contribution in [0.1, 0.15) is 67.9 Å². The zero-order valence-corrected chi connectivity index (χ0v) is 26.5. The summed E-state index contributed by atoms with van der Waals surface area (Å²) in [6.45, 7) is 7.66. The number of benzene rings is 4. The molecule has 0 aromatic heterocycles. The van der Waals surface area contributed by atoms with Crippen LogP contribution in [0.5, 0.6) is 0 Å². The van der Waals surface area contributed by atoms with E-state index in [4.69, 9.17) is 0 Å². The quantitative estimate of drug-likeness (QED) is 0.163. The topological polar surface area (TPSA) is 57.5 Å². The standard InChI is InChI=1S/C19H20F2OS2.C16H14F2O2/c1-12-6-13(2)8-14(7-12)18(22)19(23-4-3-5-24-19)15-9-16(20)11-17(21)10-15;1-9-3-10(2)5-11(4-9)15(19)16(20)12-6-13(17)8-14(18)7-12/h6-11,18,22H,3-5H2,1-2H3;3-8,15,19H,1-2H3. The lowest BCUT2D eigenvalue weighted by Crippen LogP contribution is -2.31. The Balaban J connectivity index is 0.000000204. The number of carbonyl (C=O) groups excluding carboxylic acids is 1. The Morgan fingerprint density at radius 2 is 1.05 bits per heavy atom. The van der Waals surface area contributed by atoms with Gasteiger partial charge in [-0.25, -0.2) is 17.6 Å². The summed E-state index contributed by atoms with van der Waals surface area (Å²) in [7, 11) is 0. The van der Waals surface area contributed by atoms with Gasteiger partial charge in [0.1, 0.15) is 39.6 Å². The van der Waals surface area contributed by atoms with Gasteiger partial charge in [0.25, 0.3) is 0 Å². The maximum atomic E-state index is 13.8. The molecule has 5 rings (SSSR count). The summed E-state index contributed by atoms with van der Waals surface area (Å²) in [6.07, 6.45) is -1.25. The molecular weight excluding hydrogens is 609 g/mol. The Kier molecular flexibility index (Phi) is 11.0. The molecule has 44 heavy (non-hydrogen) atoms. The van der Waals surface area contributed by atoms with Gasteiger partial charge in [0.15, 0.2) is 5.78 Å². The first kappa shape index (κ1) is 33.8. The Bertz CT molecular complexity index is 1570. The van der Waals surface area contributed by atoms with E-state index in [0.29, 0.717) is 17.2 Å². The minimum Gasteiger partial charge on any atom is -0.386 e. The van der Waals surface area contributed by atoms with Crippen molar-refractivity contribution in [1.82, 2.24) is 0 Å².